The number of rotatable bonds is 2. The smallest absolute Gasteiger partial charge is 0.156 e. The molecule has 0 bridgehead atoms. The van der Waals surface area contributed by atoms with Crippen molar-refractivity contribution in [1.29, 1.82) is 0 Å². The molecule has 3 aliphatic rings. The molecule has 86 valence electrons. The van der Waals surface area contributed by atoms with E-state index in [0.29, 0.717) is 19.1 Å². The molecule has 2 aliphatic heterocycles. The van der Waals surface area contributed by atoms with E-state index in [4.69, 9.17) is 14.3 Å². The lowest BCUT2D eigenvalue weighted by atomic mass is 9.92. The summed E-state index contributed by atoms with van der Waals surface area (Å²) in [5.74, 6) is 2.39. The van der Waals surface area contributed by atoms with Crippen LogP contribution in [-0.2, 0) is 14.3 Å². The molecule has 1 aliphatic carbocycles. The molecule has 3 rings (SSSR count). The number of hydrogen-bond donors (Lipinski definition) is 0. The van der Waals surface area contributed by atoms with E-state index in [-0.39, 0.29) is 6.10 Å². The van der Waals surface area contributed by atoms with Crippen LogP contribution in [0.1, 0.15) is 19.3 Å². The summed E-state index contributed by atoms with van der Waals surface area (Å²) in [6.45, 7) is 1.33. The molecule has 2 heterocycles. The number of allylic oxidation sites excluding steroid dienone is 3. The van der Waals surface area contributed by atoms with Crippen LogP contribution in [0.15, 0.2) is 28.8 Å². The molecular weight excluding hydrogens is 206 g/mol. The fourth-order valence-electron chi connectivity index (χ4n) is 2.27. The Hall–Kier alpha value is -1.45. The second-order valence-corrected chi connectivity index (χ2v) is 4.29. The SMILES string of the molecule is C1=CC(CC2CC=NO2)CC2=C1OCCO2. The molecule has 0 amide bonds. The molecule has 0 radical (unpaired) electrons. The zero-order valence-corrected chi connectivity index (χ0v) is 9.09. The van der Waals surface area contributed by atoms with Gasteiger partial charge < -0.3 is 14.3 Å². The highest BCUT2D eigenvalue weighted by Gasteiger charge is 2.25. The summed E-state index contributed by atoms with van der Waals surface area (Å²) >= 11 is 0. The Labute approximate surface area is 94.5 Å². The van der Waals surface area contributed by atoms with Crippen molar-refractivity contribution in [2.24, 2.45) is 11.1 Å². The van der Waals surface area contributed by atoms with Crippen LogP contribution in [0.3, 0.4) is 0 Å². The van der Waals surface area contributed by atoms with Crippen LogP contribution in [0.5, 0.6) is 0 Å². The minimum absolute atomic E-state index is 0.237. The van der Waals surface area contributed by atoms with Crippen molar-refractivity contribution < 1.29 is 14.3 Å². The van der Waals surface area contributed by atoms with Gasteiger partial charge in [-0.1, -0.05) is 11.2 Å². The van der Waals surface area contributed by atoms with Crippen LogP contribution in [0.2, 0.25) is 0 Å². The van der Waals surface area contributed by atoms with Gasteiger partial charge in [0.25, 0.3) is 0 Å². The van der Waals surface area contributed by atoms with Gasteiger partial charge in [-0.05, 0) is 18.4 Å². The molecule has 0 saturated heterocycles. The maximum atomic E-state index is 5.61. The summed E-state index contributed by atoms with van der Waals surface area (Å²) in [4.78, 5) is 5.24. The van der Waals surface area contributed by atoms with E-state index in [9.17, 15) is 0 Å². The quantitative estimate of drug-likeness (QED) is 0.716. The molecule has 4 heteroatoms. The van der Waals surface area contributed by atoms with E-state index < -0.39 is 0 Å². The third-order valence-corrected chi connectivity index (χ3v) is 3.08. The van der Waals surface area contributed by atoms with Gasteiger partial charge in [-0.15, -0.1) is 0 Å². The van der Waals surface area contributed by atoms with Gasteiger partial charge in [-0.25, -0.2) is 0 Å². The van der Waals surface area contributed by atoms with E-state index in [1.807, 2.05) is 12.3 Å². The third-order valence-electron chi connectivity index (χ3n) is 3.08. The van der Waals surface area contributed by atoms with Gasteiger partial charge in [-0.2, -0.15) is 0 Å². The molecule has 0 aromatic rings. The first-order valence-electron chi connectivity index (χ1n) is 5.76. The molecule has 0 N–H and O–H groups in total. The van der Waals surface area contributed by atoms with Crippen LogP contribution in [0, 0.1) is 5.92 Å². The maximum absolute atomic E-state index is 5.61. The van der Waals surface area contributed by atoms with E-state index in [0.717, 1.165) is 30.8 Å². The largest absolute Gasteiger partial charge is 0.490 e. The van der Waals surface area contributed by atoms with Crippen molar-refractivity contribution in [2.45, 2.75) is 25.4 Å². The van der Waals surface area contributed by atoms with Gasteiger partial charge in [-0.3, -0.25) is 0 Å². The summed E-state index contributed by atoms with van der Waals surface area (Å²) in [6, 6.07) is 0. The maximum Gasteiger partial charge on any atom is 0.156 e. The first kappa shape index (κ1) is 9.75. The van der Waals surface area contributed by atoms with Gasteiger partial charge in [0.15, 0.2) is 5.76 Å². The third kappa shape index (κ3) is 1.92. The predicted molar refractivity (Wildman–Crippen MR) is 58.8 cm³/mol. The van der Waals surface area contributed by atoms with Crippen molar-refractivity contribution in [1.82, 2.24) is 0 Å². The zero-order valence-electron chi connectivity index (χ0n) is 9.09. The van der Waals surface area contributed by atoms with Crippen molar-refractivity contribution in [2.75, 3.05) is 13.2 Å². The molecule has 0 saturated carbocycles. The highest BCUT2D eigenvalue weighted by atomic mass is 16.6. The lowest BCUT2D eigenvalue weighted by Crippen LogP contribution is -2.20. The summed E-state index contributed by atoms with van der Waals surface area (Å²) in [5, 5.41) is 3.79. The average Bonchev–Trinajstić information content (AvgIpc) is 2.82. The number of ether oxygens (including phenoxy) is 2. The highest BCUT2D eigenvalue weighted by molar-refractivity contribution is 5.58. The van der Waals surface area contributed by atoms with Crippen molar-refractivity contribution >= 4 is 6.21 Å². The van der Waals surface area contributed by atoms with Gasteiger partial charge in [0.05, 0.1) is 0 Å². The molecule has 4 nitrogen and oxygen atoms in total. The Balaban J connectivity index is 1.60. The molecule has 16 heavy (non-hydrogen) atoms. The first-order chi connectivity index (χ1) is 7.92. The molecule has 0 aromatic heterocycles. The van der Waals surface area contributed by atoms with E-state index >= 15 is 0 Å². The van der Waals surface area contributed by atoms with Crippen molar-refractivity contribution in [3.05, 3.63) is 23.7 Å². The van der Waals surface area contributed by atoms with Gasteiger partial charge in [0.2, 0.25) is 0 Å². The Morgan fingerprint density at radius 2 is 2.25 bits per heavy atom. The number of nitrogens with zero attached hydrogens (tertiary/aromatic N) is 1. The van der Waals surface area contributed by atoms with Crippen LogP contribution in [0.4, 0.5) is 0 Å². The first-order valence-corrected chi connectivity index (χ1v) is 5.76. The molecule has 2 atom stereocenters. The van der Waals surface area contributed by atoms with Crippen LogP contribution in [0.25, 0.3) is 0 Å². The van der Waals surface area contributed by atoms with Crippen molar-refractivity contribution in [3.63, 3.8) is 0 Å². The minimum atomic E-state index is 0.237. The lowest BCUT2D eigenvalue weighted by molar-refractivity contribution is 0.0476. The Morgan fingerprint density at radius 3 is 3.12 bits per heavy atom. The van der Waals surface area contributed by atoms with Gasteiger partial charge in [0, 0.05) is 19.1 Å². The lowest BCUT2D eigenvalue weighted by Gasteiger charge is -2.27. The Morgan fingerprint density at radius 1 is 1.31 bits per heavy atom. The van der Waals surface area contributed by atoms with Crippen LogP contribution >= 0.6 is 0 Å². The Kier molecular flexibility index (Phi) is 2.56. The summed E-state index contributed by atoms with van der Waals surface area (Å²) in [7, 11) is 0. The fraction of sp³-hybridized carbons (Fsp3) is 0.583. The molecule has 0 aromatic carbocycles. The summed E-state index contributed by atoms with van der Waals surface area (Å²) in [6.07, 6.45) is 9.13. The second-order valence-electron chi connectivity index (χ2n) is 4.29. The van der Waals surface area contributed by atoms with Crippen LogP contribution < -0.4 is 0 Å². The number of oxime groups is 1. The average molecular weight is 221 g/mol. The summed E-state index contributed by atoms with van der Waals surface area (Å²) < 4.78 is 11.1. The summed E-state index contributed by atoms with van der Waals surface area (Å²) in [5.41, 5.74) is 0. The van der Waals surface area contributed by atoms with E-state index in [2.05, 4.69) is 11.2 Å². The molecule has 0 spiro atoms. The Bertz CT molecular complexity index is 351. The predicted octanol–water partition coefficient (Wildman–Crippen LogP) is 1.99. The highest BCUT2D eigenvalue weighted by Crippen LogP contribution is 2.31. The normalized spacial score (nSPS) is 31.8. The molecular formula is C12H15NO3. The number of hydrogen-bond acceptors (Lipinski definition) is 4. The zero-order chi connectivity index (χ0) is 10.8. The minimum Gasteiger partial charge on any atom is -0.490 e. The molecule has 2 unspecified atom stereocenters. The van der Waals surface area contributed by atoms with Crippen LogP contribution in [-0.4, -0.2) is 25.5 Å². The van der Waals surface area contributed by atoms with Crippen molar-refractivity contribution in [3.8, 4) is 0 Å². The fourth-order valence-corrected chi connectivity index (χ4v) is 2.27. The topological polar surface area (TPSA) is 40.0 Å². The monoisotopic (exact) mass is 221 g/mol. The van der Waals surface area contributed by atoms with E-state index in [1.54, 1.807) is 0 Å². The molecule has 0 fully saturated rings. The second kappa shape index (κ2) is 4.20. The van der Waals surface area contributed by atoms with Gasteiger partial charge in [0.1, 0.15) is 25.1 Å². The van der Waals surface area contributed by atoms with E-state index in [1.165, 1.54) is 0 Å². The van der Waals surface area contributed by atoms with Gasteiger partial charge >= 0.3 is 0 Å². The standard InChI is InChI=1S/C12H15NO3/c1-2-11-12(15-6-5-14-11)8-9(1)7-10-3-4-13-16-10/h1-2,4,9-10H,3,5-8H2.